The van der Waals surface area contributed by atoms with Crippen molar-refractivity contribution in [2.24, 2.45) is 0 Å². The maximum atomic E-state index is 5.84. The highest BCUT2D eigenvalue weighted by molar-refractivity contribution is 5.84. The summed E-state index contributed by atoms with van der Waals surface area (Å²) in [5, 5.41) is 4.36. The number of rotatable bonds is 2. The highest BCUT2D eigenvalue weighted by Gasteiger charge is 2.00. The topological polar surface area (TPSA) is 63.8 Å². The molecular formula is C14H12N4. The fraction of sp³-hybridized carbons (Fsp3) is 0. The lowest BCUT2D eigenvalue weighted by molar-refractivity contribution is 1.33. The summed E-state index contributed by atoms with van der Waals surface area (Å²) in [5.41, 5.74) is 9.28. The average Bonchev–Trinajstić information content (AvgIpc) is 2.41. The highest BCUT2D eigenvalue weighted by atomic mass is 14.9. The Labute approximate surface area is 104 Å². The number of nitrogens with two attached hydrogens (primary N) is 1. The van der Waals surface area contributed by atoms with Gasteiger partial charge in [-0.1, -0.05) is 6.07 Å². The summed E-state index contributed by atoms with van der Waals surface area (Å²) in [7, 11) is 0. The summed E-state index contributed by atoms with van der Waals surface area (Å²) in [6.45, 7) is 0. The van der Waals surface area contributed by atoms with Crippen molar-refractivity contribution in [2.45, 2.75) is 0 Å². The molecule has 0 radical (unpaired) electrons. The van der Waals surface area contributed by atoms with Crippen LogP contribution in [0.5, 0.6) is 0 Å². The van der Waals surface area contributed by atoms with Crippen LogP contribution in [0, 0.1) is 0 Å². The van der Waals surface area contributed by atoms with Crippen LogP contribution in [0.1, 0.15) is 0 Å². The molecule has 0 atom stereocenters. The van der Waals surface area contributed by atoms with Gasteiger partial charge in [-0.15, -0.1) is 0 Å². The van der Waals surface area contributed by atoms with E-state index in [1.165, 1.54) is 0 Å². The Kier molecular flexibility index (Phi) is 2.53. The first-order valence-electron chi connectivity index (χ1n) is 5.64. The van der Waals surface area contributed by atoms with Gasteiger partial charge in [-0.3, -0.25) is 9.97 Å². The SMILES string of the molecule is Nc1cnccc1Nc1ccc2ncccc2c1. The van der Waals surface area contributed by atoms with E-state index in [0.29, 0.717) is 5.69 Å². The minimum absolute atomic E-state index is 0.629. The van der Waals surface area contributed by atoms with E-state index in [4.69, 9.17) is 5.73 Å². The molecule has 0 fully saturated rings. The van der Waals surface area contributed by atoms with Crippen molar-refractivity contribution in [1.82, 2.24) is 9.97 Å². The summed E-state index contributed by atoms with van der Waals surface area (Å²) in [6, 6.07) is 11.8. The number of benzene rings is 1. The van der Waals surface area contributed by atoms with Gasteiger partial charge in [-0.25, -0.2) is 0 Å². The number of anilines is 3. The van der Waals surface area contributed by atoms with Crippen LogP contribution in [0.15, 0.2) is 55.0 Å². The third-order valence-electron chi connectivity index (χ3n) is 2.73. The van der Waals surface area contributed by atoms with E-state index >= 15 is 0 Å². The molecule has 0 amide bonds. The Bertz CT molecular complexity index is 694. The lowest BCUT2D eigenvalue weighted by Gasteiger charge is -2.09. The second kappa shape index (κ2) is 4.33. The number of pyridine rings is 2. The molecule has 18 heavy (non-hydrogen) atoms. The Morgan fingerprint density at radius 3 is 2.89 bits per heavy atom. The van der Waals surface area contributed by atoms with Gasteiger partial charge < -0.3 is 11.1 Å². The molecule has 1 aromatic carbocycles. The summed E-state index contributed by atoms with van der Waals surface area (Å²) >= 11 is 0. The van der Waals surface area contributed by atoms with Crippen molar-refractivity contribution in [3.8, 4) is 0 Å². The van der Waals surface area contributed by atoms with Crippen LogP contribution in [0.2, 0.25) is 0 Å². The molecule has 4 heteroatoms. The standard InChI is InChI=1S/C14H12N4/c15-12-9-16-7-5-14(12)18-11-3-4-13-10(8-11)2-1-6-17-13/h1-9H,15H2,(H,16,18). The lowest BCUT2D eigenvalue weighted by Crippen LogP contribution is -1.96. The third-order valence-corrected chi connectivity index (χ3v) is 2.73. The van der Waals surface area contributed by atoms with E-state index in [1.807, 2.05) is 36.4 Å². The first-order valence-corrected chi connectivity index (χ1v) is 5.64. The predicted octanol–water partition coefficient (Wildman–Crippen LogP) is 2.96. The van der Waals surface area contributed by atoms with Gasteiger partial charge in [0.05, 0.1) is 23.1 Å². The molecule has 0 aliphatic rings. The number of nitrogen functional groups attached to an aromatic ring is 1. The minimum Gasteiger partial charge on any atom is -0.396 e. The zero-order chi connectivity index (χ0) is 12.4. The fourth-order valence-corrected chi connectivity index (χ4v) is 1.83. The van der Waals surface area contributed by atoms with E-state index in [2.05, 4.69) is 15.3 Å². The Balaban J connectivity index is 1.98. The maximum Gasteiger partial charge on any atom is 0.0739 e. The lowest BCUT2D eigenvalue weighted by atomic mass is 10.2. The van der Waals surface area contributed by atoms with Gasteiger partial charge in [-0.05, 0) is 30.3 Å². The highest BCUT2D eigenvalue weighted by Crippen LogP contribution is 2.24. The van der Waals surface area contributed by atoms with Gasteiger partial charge >= 0.3 is 0 Å². The summed E-state index contributed by atoms with van der Waals surface area (Å²) in [5.74, 6) is 0. The molecule has 0 saturated heterocycles. The molecule has 0 saturated carbocycles. The van der Waals surface area contributed by atoms with Crippen LogP contribution in [0.4, 0.5) is 17.1 Å². The molecule has 2 aromatic heterocycles. The molecule has 0 aliphatic carbocycles. The number of aromatic nitrogens is 2. The molecule has 3 rings (SSSR count). The summed E-state index contributed by atoms with van der Waals surface area (Å²) in [4.78, 5) is 8.25. The van der Waals surface area contributed by atoms with Crippen molar-refractivity contribution in [2.75, 3.05) is 11.1 Å². The van der Waals surface area contributed by atoms with Crippen LogP contribution in [-0.4, -0.2) is 9.97 Å². The second-order valence-electron chi connectivity index (χ2n) is 4.00. The van der Waals surface area contributed by atoms with Gasteiger partial charge in [0.2, 0.25) is 0 Å². The van der Waals surface area contributed by atoms with Crippen molar-refractivity contribution >= 4 is 28.0 Å². The van der Waals surface area contributed by atoms with E-state index in [-0.39, 0.29) is 0 Å². The Morgan fingerprint density at radius 1 is 1.06 bits per heavy atom. The van der Waals surface area contributed by atoms with Crippen LogP contribution >= 0.6 is 0 Å². The number of nitrogens with zero attached hydrogens (tertiary/aromatic N) is 2. The van der Waals surface area contributed by atoms with Crippen molar-refractivity contribution in [3.63, 3.8) is 0 Å². The van der Waals surface area contributed by atoms with Crippen molar-refractivity contribution in [1.29, 1.82) is 0 Å². The molecule has 3 N–H and O–H groups in total. The molecule has 3 aromatic rings. The summed E-state index contributed by atoms with van der Waals surface area (Å²) < 4.78 is 0. The van der Waals surface area contributed by atoms with Crippen LogP contribution in [0.3, 0.4) is 0 Å². The average molecular weight is 236 g/mol. The van der Waals surface area contributed by atoms with Crippen LogP contribution in [0.25, 0.3) is 10.9 Å². The van der Waals surface area contributed by atoms with Crippen molar-refractivity contribution < 1.29 is 0 Å². The van der Waals surface area contributed by atoms with Gasteiger partial charge in [0.1, 0.15) is 0 Å². The van der Waals surface area contributed by atoms with E-state index in [0.717, 1.165) is 22.3 Å². The number of nitrogens with one attached hydrogen (secondary N) is 1. The minimum atomic E-state index is 0.629. The molecule has 0 unspecified atom stereocenters. The van der Waals surface area contributed by atoms with Gasteiger partial charge in [0.25, 0.3) is 0 Å². The van der Waals surface area contributed by atoms with Gasteiger partial charge in [0, 0.05) is 23.5 Å². The molecule has 0 aliphatic heterocycles. The fourth-order valence-electron chi connectivity index (χ4n) is 1.83. The zero-order valence-electron chi connectivity index (χ0n) is 9.67. The number of hydrogen-bond donors (Lipinski definition) is 2. The first-order chi connectivity index (χ1) is 8.83. The molecule has 88 valence electrons. The number of fused-ring (bicyclic) bond motifs is 1. The zero-order valence-corrected chi connectivity index (χ0v) is 9.67. The van der Waals surface area contributed by atoms with E-state index < -0.39 is 0 Å². The second-order valence-corrected chi connectivity index (χ2v) is 4.00. The van der Waals surface area contributed by atoms with Crippen molar-refractivity contribution in [3.05, 3.63) is 55.0 Å². The molecule has 2 heterocycles. The van der Waals surface area contributed by atoms with E-state index in [1.54, 1.807) is 18.6 Å². The van der Waals surface area contributed by atoms with Gasteiger partial charge in [0.15, 0.2) is 0 Å². The molecule has 0 spiro atoms. The van der Waals surface area contributed by atoms with E-state index in [9.17, 15) is 0 Å². The predicted molar refractivity (Wildman–Crippen MR) is 73.7 cm³/mol. The summed E-state index contributed by atoms with van der Waals surface area (Å²) in [6.07, 6.45) is 5.13. The van der Waals surface area contributed by atoms with Gasteiger partial charge in [-0.2, -0.15) is 0 Å². The maximum absolute atomic E-state index is 5.84. The molecule has 0 bridgehead atoms. The largest absolute Gasteiger partial charge is 0.396 e. The number of hydrogen-bond acceptors (Lipinski definition) is 4. The molecular weight excluding hydrogens is 224 g/mol. The monoisotopic (exact) mass is 236 g/mol. The smallest absolute Gasteiger partial charge is 0.0739 e. The van der Waals surface area contributed by atoms with Crippen LogP contribution in [-0.2, 0) is 0 Å². The first kappa shape index (κ1) is 10.5. The Morgan fingerprint density at radius 2 is 2.00 bits per heavy atom. The molecule has 4 nitrogen and oxygen atoms in total. The van der Waals surface area contributed by atoms with Crippen LogP contribution < -0.4 is 11.1 Å². The Hall–Kier alpha value is -2.62. The third kappa shape index (κ3) is 1.96. The normalized spacial score (nSPS) is 10.4. The quantitative estimate of drug-likeness (QED) is 0.718.